The van der Waals surface area contributed by atoms with E-state index in [9.17, 15) is 0 Å². The molecule has 0 unspecified atom stereocenters. The molecule has 0 saturated carbocycles. The molecule has 10 heavy (non-hydrogen) atoms. The Bertz CT molecular complexity index is 118. The molecule has 0 N–H and O–H groups in total. The summed E-state index contributed by atoms with van der Waals surface area (Å²) >= 11 is 0. The Hall–Kier alpha value is -0.520. The molecule has 0 spiro atoms. The Labute approximate surface area is 64.6 Å². The molecule has 0 radical (unpaired) electrons. The third-order valence-corrected chi connectivity index (χ3v) is 1.55. The van der Waals surface area contributed by atoms with Gasteiger partial charge in [0, 0.05) is 0 Å². The van der Waals surface area contributed by atoms with Gasteiger partial charge in [0.25, 0.3) is 0 Å². The standard InChI is InChI=1S/C10H18/c1-4-7-9-10(6-3)8-5-2/h4,7,9H,5-6,8H2,1-3H3/b7-4-,10-9+. The van der Waals surface area contributed by atoms with Crippen LogP contribution in [0.1, 0.15) is 40.0 Å². The number of hydrogen-bond acceptors (Lipinski definition) is 0. The van der Waals surface area contributed by atoms with Crippen LogP contribution in [0.5, 0.6) is 0 Å². The van der Waals surface area contributed by atoms with Crippen LogP contribution in [0, 0.1) is 0 Å². The fraction of sp³-hybridized carbons (Fsp3) is 0.600. The second-order valence-electron chi connectivity index (χ2n) is 2.45. The van der Waals surface area contributed by atoms with Gasteiger partial charge in [-0.15, -0.1) is 0 Å². The molecule has 0 amide bonds. The lowest BCUT2D eigenvalue weighted by molar-refractivity contribution is 0.859. The van der Waals surface area contributed by atoms with Crippen LogP contribution in [-0.4, -0.2) is 0 Å². The molecule has 0 aromatic heterocycles. The SMILES string of the molecule is C/C=C\C=C(/CC)CCC. The van der Waals surface area contributed by atoms with Gasteiger partial charge < -0.3 is 0 Å². The number of rotatable bonds is 4. The molecule has 0 nitrogen and oxygen atoms in total. The molecule has 0 fully saturated rings. The van der Waals surface area contributed by atoms with E-state index in [1.54, 1.807) is 5.57 Å². The van der Waals surface area contributed by atoms with Gasteiger partial charge in [0.1, 0.15) is 0 Å². The highest BCUT2D eigenvalue weighted by Gasteiger charge is 1.88. The Morgan fingerprint density at radius 2 is 2.00 bits per heavy atom. The maximum Gasteiger partial charge on any atom is -0.0320 e. The highest BCUT2D eigenvalue weighted by molar-refractivity contribution is 5.11. The van der Waals surface area contributed by atoms with Crippen molar-refractivity contribution in [2.45, 2.75) is 40.0 Å². The molecule has 58 valence electrons. The van der Waals surface area contributed by atoms with E-state index in [1.807, 2.05) is 0 Å². The molecular weight excluding hydrogens is 120 g/mol. The van der Waals surface area contributed by atoms with Gasteiger partial charge in [-0.2, -0.15) is 0 Å². The average Bonchev–Trinajstić information content (AvgIpc) is 1.98. The van der Waals surface area contributed by atoms with Crippen molar-refractivity contribution in [3.05, 3.63) is 23.8 Å². The molecule has 0 heterocycles. The molecule has 0 aliphatic carbocycles. The van der Waals surface area contributed by atoms with Crippen LogP contribution in [0.15, 0.2) is 23.8 Å². The van der Waals surface area contributed by atoms with Crippen LogP contribution >= 0.6 is 0 Å². The van der Waals surface area contributed by atoms with Crippen LogP contribution in [0.2, 0.25) is 0 Å². The van der Waals surface area contributed by atoms with E-state index in [-0.39, 0.29) is 0 Å². The van der Waals surface area contributed by atoms with Crippen molar-refractivity contribution in [3.8, 4) is 0 Å². The second-order valence-corrected chi connectivity index (χ2v) is 2.45. The van der Waals surface area contributed by atoms with Gasteiger partial charge in [-0.25, -0.2) is 0 Å². The fourth-order valence-corrected chi connectivity index (χ4v) is 0.931. The minimum absolute atomic E-state index is 1.19. The normalized spacial score (nSPS) is 12.9. The van der Waals surface area contributed by atoms with Crippen molar-refractivity contribution in [2.24, 2.45) is 0 Å². The Morgan fingerprint density at radius 3 is 2.40 bits per heavy atom. The summed E-state index contributed by atoms with van der Waals surface area (Å²) in [4.78, 5) is 0. The zero-order valence-electron chi connectivity index (χ0n) is 7.35. The summed E-state index contributed by atoms with van der Waals surface area (Å²) in [6, 6.07) is 0. The topological polar surface area (TPSA) is 0 Å². The molecular formula is C10H18. The molecule has 0 saturated heterocycles. The largest absolute Gasteiger partial charge is 0.0877 e. The van der Waals surface area contributed by atoms with Crippen LogP contribution < -0.4 is 0 Å². The van der Waals surface area contributed by atoms with E-state index in [0.29, 0.717) is 0 Å². The minimum Gasteiger partial charge on any atom is -0.0877 e. The predicted molar refractivity (Wildman–Crippen MR) is 48.1 cm³/mol. The molecule has 0 aromatic carbocycles. The Morgan fingerprint density at radius 1 is 1.30 bits per heavy atom. The molecule has 0 heteroatoms. The van der Waals surface area contributed by atoms with Crippen molar-refractivity contribution < 1.29 is 0 Å². The van der Waals surface area contributed by atoms with Gasteiger partial charge in [-0.3, -0.25) is 0 Å². The van der Waals surface area contributed by atoms with Crippen molar-refractivity contribution in [1.82, 2.24) is 0 Å². The fourth-order valence-electron chi connectivity index (χ4n) is 0.931. The van der Waals surface area contributed by atoms with Crippen LogP contribution in [-0.2, 0) is 0 Å². The smallest absolute Gasteiger partial charge is 0.0320 e. The van der Waals surface area contributed by atoms with Crippen molar-refractivity contribution >= 4 is 0 Å². The third-order valence-electron chi connectivity index (χ3n) is 1.55. The first-order valence-corrected chi connectivity index (χ1v) is 4.15. The predicted octanol–water partition coefficient (Wildman–Crippen LogP) is 3.70. The van der Waals surface area contributed by atoms with E-state index < -0.39 is 0 Å². The van der Waals surface area contributed by atoms with Crippen LogP contribution in [0.4, 0.5) is 0 Å². The number of allylic oxidation sites excluding steroid dienone is 4. The van der Waals surface area contributed by atoms with Gasteiger partial charge >= 0.3 is 0 Å². The van der Waals surface area contributed by atoms with Gasteiger partial charge in [-0.1, -0.05) is 44.1 Å². The van der Waals surface area contributed by atoms with E-state index in [2.05, 4.69) is 39.0 Å². The highest BCUT2D eigenvalue weighted by Crippen LogP contribution is 2.08. The van der Waals surface area contributed by atoms with Crippen molar-refractivity contribution in [2.75, 3.05) is 0 Å². The zero-order valence-corrected chi connectivity index (χ0v) is 7.35. The summed E-state index contributed by atoms with van der Waals surface area (Å²) in [6.07, 6.45) is 10.1. The summed E-state index contributed by atoms with van der Waals surface area (Å²) in [5, 5.41) is 0. The third kappa shape index (κ3) is 4.37. The van der Waals surface area contributed by atoms with Crippen molar-refractivity contribution in [3.63, 3.8) is 0 Å². The van der Waals surface area contributed by atoms with E-state index in [4.69, 9.17) is 0 Å². The Balaban J connectivity index is 3.78. The molecule has 0 aromatic rings. The van der Waals surface area contributed by atoms with Gasteiger partial charge in [0.15, 0.2) is 0 Å². The zero-order chi connectivity index (χ0) is 7.82. The Kier molecular flexibility index (Phi) is 6.25. The molecule has 0 aliphatic heterocycles. The van der Waals surface area contributed by atoms with Crippen LogP contribution in [0.3, 0.4) is 0 Å². The monoisotopic (exact) mass is 138 g/mol. The lowest BCUT2D eigenvalue weighted by Crippen LogP contribution is -1.77. The van der Waals surface area contributed by atoms with Crippen molar-refractivity contribution in [1.29, 1.82) is 0 Å². The van der Waals surface area contributed by atoms with Crippen LogP contribution in [0.25, 0.3) is 0 Å². The minimum atomic E-state index is 1.19. The summed E-state index contributed by atoms with van der Waals surface area (Å²) in [5.41, 5.74) is 1.56. The summed E-state index contributed by atoms with van der Waals surface area (Å²) < 4.78 is 0. The summed E-state index contributed by atoms with van der Waals surface area (Å²) in [6.45, 7) is 6.49. The van der Waals surface area contributed by atoms with E-state index in [0.717, 1.165) is 0 Å². The first-order valence-electron chi connectivity index (χ1n) is 4.15. The second kappa shape index (κ2) is 6.60. The van der Waals surface area contributed by atoms with Gasteiger partial charge in [-0.05, 0) is 19.8 Å². The lowest BCUT2D eigenvalue weighted by atomic mass is 10.1. The quantitative estimate of drug-likeness (QED) is 0.520. The van der Waals surface area contributed by atoms with Gasteiger partial charge in [0.2, 0.25) is 0 Å². The average molecular weight is 138 g/mol. The first kappa shape index (κ1) is 9.48. The molecule has 0 aliphatic rings. The summed E-state index contributed by atoms with van der Waals surface area (Å²) in [5.74, 6) is 0. The lowest BCUT2D eigenvalue weighted by Gasteiger charge is -1.98. The molecule has 0 atom stereocenters. The maximum absolute atomic E-state index is 2.23. The molecule has 0 rings (SSSR count). The highest BCUT2D eigenvalue weighted by atomic mass is 13.9. The van der Waals surface area contributed by atoms with E-state index >= 15 is 0 Å². The van der Waals surface area contributed by atoms with E-state index in [1.165, 1.54) is 19.3 Å². The molecule has 0 bridgehead atoms. The van der Waals surface area contributed by atoms with Gasteiger partial charge in [0.05, 0.1) is 0 Å². The number of hydrogen-bond donors (Lipinski definition) is 0. The summed E-state index contributed by atoms with van der Waals surface area (Å²) in [7, 11) is 0. The maximum atomic E-state index is 2.23. The first-order chi connectivity index (χ1) is 4.85.